The zero-order chi connectivity index (χ0) is 23.8. The summed E-state index contributed by atoms with van der Waals surface area (Å²) in [6.45, 7) is 3.81. The van der Waals surface area contributed by atoms with E-state index in [-0.39, 0.29) is 18.4 Å². The van der Waals surface area contributed by atoms with Gasteiger partial charge in [0.15, 0.2) is 0 Å². The number of hydroxylamine groups is 1. The number of urea groups is 1. The summed E-state index contributed by atoms with van der Waals surface area (Å²) in [4.78, 5) is 43.8. The Balaban J connectivity index is 1.70. The number of hydrogen-bond acceptors (Lipinski definition) is 5. The number of aromatic nitrogens is 1. The lowest BCUT2D eigenvalue weighted by Gasteiger charge is -2.30. The Bertz CT molecular complexity index is 969. The van der Waals surface area contributed by atoms with E-state index in [0.29, 0.717) is 23.7 Å². The molecule has 1 aromatic carbocycles. The normalized spacial score (nSPS) is 14.8. The van der Waals surface area contributed by atoms with Crippen LogP contribution in [0.1, 0.15) is 46.0 Å². The highest BCUT2D eigenvalue weighted by Gasteiger charge is 2.30. The van der Waals surface area contributed by atoms with Crippen molar-refractivity contribution >= 4 is 34.4 Å². The second-order valence-electron chi connectivity index (χ2n) is 8.93. The standard InChI is InChI=1S/C24H33N5O4/c1-16(2)21(23(31)29(15-20(30)28-33)14-12-17-7-3-4-8-17)27-24(32)26-19-11-5-9-18-10-6-13-25-22(18)19/h5-6,9-11,13,16-17,21,33H,3-4,7-8,12,14-15H2,1-2H3,(H,28,30)(H2,26,27,32). The van der Waals surface area contributed by atoms with Gasteiger partial charge in [-0.1, -0.05) is 57.7 Å². The molecular weight excluding hydrogens is 422 g/mol. The first-order valence-electron chi connectivity index (χ1n) is 11.5. The number of hydrogen-bond donors (Lipinski definition) is 4. The van der Waals surface area contributed by atoms with Gasteiger partial charge in [-0.15, -0.1) is 0 Å². The summed E-state index contributed by atoms with van der Waals surface area (Å²) in [5, 5.41) is 15.4. The summed E-state index contributed by atoms with van der Waals surface area (Å²) in [7, 11) is 0. The highest BCUT2D eigenvalue weighted by atomic mass is 16.5. The van der Waals surface area contributed by atoms with Crippen LogP contribution in [0.5, 0.6) is 0 Å². The monoisotopic (exact) mass is 455 g/mol. The fourth-order valence-corrected chi connectivity index (χ4v) is 4.33. The van der Waals surface area contributed by atoms with Crippen LogP contribution in [0.3, 0.4) is 0 Å². The highest BCUT2D eigenvalue weighted by molar-refractivity contribution is 6.01. The third-order valence-corrected chi connectivity index (χ3v) is 6.15. The number of carbonyl (C=O) groups excluding carboxylic acids is 3. The minimum absolute atomic E-state index is 0.208. The highest BCUT2D eigenvalue weighted by Crippen LogP contribution is 2.28. The van der Waals surface area contributed by atoms with Crippen LogP contribution in [0.25, 0.3) is 10.9 Å². The molecule has 3 rings (SSSR count). The van der Waals surface area contributed by atoms with Crippen LogP contribution in [0, 0.1) is 11.8 Å². The molecule has 178 valence electrons. The molecule has 9 heteroatoms. The molecule has 1 aliphatic rings. The van der Waals surface area contributed by atoms with E-state index in [0.717, 1.165) is 24.6 Å². The van der Waals surface area contributed by atoms with Crippen molar-refractivity contribution in [2.45, 2.75) is 52.0 Å². The van der Waals surface area contributed by atoms with Crippen molar-refractivity contribution in [3.63, 3.8) is 0 Å². The molecule has 2 aromatic rings. The van der Waals surface area contributed by atoms with Crippen molar-refractivity contribution in [2.75, 3.05) is 18.4 Å². The minimum atomic E-state index is -0.831. The molecule has 1 heterocycles. The molecular formula is C24H33N5O4. The fraction of sp³-hybridized carbons (Fsp3) is 0.500. The van der Waals surface area contributed by atoms with Gasteiger partial charge in [0.05, 0.1) is 11.2 Å². The van der Waals surface area contributed by atoms with Gasteiger partial charge >= 0.3 is 6.03 Å². The molecule has 1 atom stereocenters. The number of amides is 4. The molecule has 0 saturated heterocycles. The van der Waals surface area contributed by atoms with Crippen LogP contribution < -0.4 is 16.1 Å². The number of nitrogens with zero attached hydrogens (tertiary/aromatic N) is 2. The number of para-hydroxylation sites is 1. The van der Waals surface area contributed by atoms with Gasteiger partial charge in [-0.05, 0) is 30.4 Å². The van der Waals surface area contributed by atoms with E-state index < -0.39 is 18.0 Å². The number of fused-ring (bicyclic) bond motifs is 1. The Morgan fingerprint density at radius 3 is 2.58 bits per heavy atom. The molecule has 0 bridgehead atoms. The van der Waals surface area contributed by atoms with Gasteiger partial charge in [-0.25, -0.2) is 10.3 Å². The van der Waals surface area contributed by atoms with Crippen molar-refractivity contribution in [3.05, 3.63) is 36.5 Å². The van der Waals surface area contributed by atoms with Crippen molar-refractivity contribution in [3.8, 4) is 0 Å². The van der Waals surface area contributed by atoms with E-state index in [2.05, 4.69) is 15.6 Å². The molecule has 33 heavy (non-hydrogen) atoms. The van der Waals surface area contributed by atoms with Crippen molar-refractivity contribution in [2.24, 2.45) is 11.8 Å². The van der Waals surface area contributed by atoms with Crippen LogP contribution in [0.15, 0.2) is 36.5 Å². The second kappa shape index (κ2) is 11.6. The summed E-state index contributed by atoms with van der Waals surface area (Å²) >= 11 is 0. The molecule has 4 N–H and O–H groups in total. The number of anilines is 1. The summed E-state index contributed by atoms with van der Waals surface area (Å²) in [6, 6.07) is 7.84. The van der Waals surface area contributed by atoms with Crippen LogP contribution >= 0.6 is 0 Å². The predicted octanol–water partition coefficient (Wildman–Crippen LogP) is 3.30. The van der Waals surface area contributed by atoms with E-state index in [1.54, 1.807) is 17.7 Å². The minimum Gasteiger partial charge on any atom is -0.332 e. The molecule has 0 radical (unpaired) electrons. The summed E-state index contributed by atoms with van der Waals surface area (Å²) in [6.07, 6.45) is 7.08. The van der Waals surface area contributed by atoms with Gasteiger partial charge in [-0.2, -0.15) is 0 Å². The quantitative estimate of drug-likeness (QED) is 0.341. The third-order valence-electron chi connectivity index (χ3n) is 6.15. The molecule has 4 amide bonds. The van der Waals surface area contributed by atoms with Crippen LogP contribution in [-0.2, 0) is 9.59 Å². The van der Waals surface area contributed by atoms with E-state index in [9.17, 15) is 14.4 Å². The Morgan fingerprint density at radius 1 is 1.15 bits per heavy atom. The smallest absolute Gasteiger partial charge is 0.319 e. The Morgan fingerprint density at radius 2 is 1.88 bits per heavy atom. The first-order valence-corrected chi connectivity index (χ1v) is 11.5. The van der Waals surface area contributed by atoms with Gasteiger partial charge < -0.3 is 15.5 Å². The Labute approximate surface area is 193 Å². The van der Waals surface area contributed by atoms with Gasteiger partial charge in [0, 0.05) is 18.1 Å². The van der Waals surface area contributed by atoms with Crippen LogP contribution in [0.2, 0.25) is 0 Å². The van der Waals surface area contributed by atoms with Crippen molar-refractivity contribution in [1.29, 1.82) is 0 Å². The van der Waals surface area contributed by atoms with Crippen molar-refractivity contribution < 1.29 is 19.6 Å². The number of rotatable bonds is 9. The van der Waals surface area contributed by atoms with Gasteiger partial charge in [0.1, 0.15) is 12.6 Å². The topological polar surface area (TPSA) is 124 Å². The number of benzene rings is 1. The lowest BCUT2D eigenvalue weighted by Crippen LogP contribution is -2.54. The number of nitrogens with one attached hydrogen (secondary N) is 3. The zero-order valence-corrected chi connectivity index (χ0v) is 19.2. The molecule has 1 aliphatic carbocycles. The largest absolute Gasteiger partial charge is 0.332 e. The third kappa shape index (κ3) is 6.64. The van der Waals surface area contributed by atoms with Crippen LogP contribution in [0.4, 0.5) is 10.5 Å². The number of carbonyl (C=O) groups is 3. The first-order chi connectivity index (χ1) is 15.9. The molecule has 1 aromatic heterocycles. The Hall–Kier alpha value is -3.20. The average Bonchev–Trinajstić information content (AvgIpc) is 3.33. The summed E-state index contributed by atoms with van der Waals surface area (Å²) in [5.74, 6) is -0.688. The second-order valence-corrected chi connectivity index (χ2v) is 8.93. The van der Waals surface area contributed by atoms with Gasteiger partial charge in [0.2, 0.25) is 5.91 Å². The first kappa shape index (κ1) is 24.4. The molecule has 1 saturated carbocycles. The average molecular weight is 456 g/mol. The zero-order valence-electron chi connectivity index (χ0n) is 19.2. The maximum absolute atomic E-state index is 13.4. The van der Waals surface area contributed by atoms with Gasteiger partial charge in [0.25, 0.3) is 5.91 Å². The molecule has 0 aliphatic heterocycles. The molecule has 9 nitrogen and oxygen atoms in total. The fourth-order valence-electron chi connectivity index (χ4n) is 4.33. The van der Waals surface area contributed by atoms with Crippen LogP contribution in [-0.4, -0.2) is 52.1 Å². The predicted molar refractivity (Wildman–Crippen MR) is 126 cm³/mol. The maximum Gasteiger partial charge on any atom is 0.319 e. The Kier molecular flexibility index (Phi) is 8.59. The van der Waals surface area contributed by atoms with Crippen molar-refractivity contribution in [1.82, 2.24) is 20.7 Å². The maximum atomic E-state index is 13.4. The summed E-state index contributed by atoms with van der Waals surface area (Å²) < 4.78 is 0. The molecule has 1 fully saturated rings. The number of pyridine rings is 1. The van der Waals surface area contributed by atoms with E-state index in [4.69, 9.17) is 5.21 Å². The van der Waals surface area contributed by atoms with Gasteiger partial charge in [-0.3, -0.25) is 19.8 Å². The lowest BCUT2D eigenvalue weighted by atomic mass is 10.0. The summed E-state index contributed by atoms with van der Waals surface area (Å²) in [5.41, 5.74) is 2.79. The van der Waals surface area contributed by atoms with E-state index in [1.165, 1.54) is 17.7 Å². The lowest BCUT2D eigenvalue weighted by molar-refractivity contribution is -0.141. The SMILES string of the molecule is CC(C)C(NC(=O)Nc1cccc2cccnc12)C(=O)N(CCC1CCCC1)CC(=O)NO. The van der Waals surface area contributed by atoms with E-state index in [1.807, 2.05) is 38.1 Å². The molecule has 1 unspecified atom stereocenters. The van der Waals surface area contributed by atoms with E-state index >= 15 is 0 Å². The molecule has 0 spiro atoms.